The molecule has 0 bridgehead atoms. The van der Waals surface area contributed by atoms with Crippen LogP contribution in [-0.2, 0) is 0 Å². The molecule has 1 aromatic rings. The second-order valence-electron chi connectivity index (χ2n) is 4.01. The molecule has 4 heteroatoms. The van der Waals surface area contributed by atoms with E-state index >= 15 is 0 Å². The average molecular weight is 222 g/mol. The molecule has 0 fully saturated rings. The molecule has 0 aliphatic carbocycles. The highest BCUT2D eigenvalue weighted by atomic mass is 16.5. The molecular formula is C12H18N2O2. The summed E-state index contributed by atoms with van der Waals surface area (Å²) >= 11 is 0. The zero-order valence-electron chi connectivity index (χ0n) is 9.30. The Hall–Kier alpha value is -1.26. The Bertz CT molecular complexity index is 344. The highest BCUT2D eigenvalue weighted by Gasteiger charge is 2.17. The minimum absolute atomic E-state index is 0.291. The zero-order valence-corrected chi connectivity index (χ0v) is 9.30. The third-order valence-corrected chi connectivity index (χ3v) is 2.74. The van der Waals surface area contributed by atoms with E-state index < -0.39 is 6.10 Å². The van der Waals surface area contributed by atoms with Crippen molar-refractivity contribution in [1.82, 2.24) is 0 Å². The number of benzene rings is 1. The molecule has 1 unspecified atom stereocenters. The molecule has 1 heterocycles. The monoisotopic (exact) mass is 222 g/mol. The predicted molar refractivity (Wildman–Crippen MR) is 63.8 cm³/mol. The van der Waals surface area contributed by atoms with Gasteiger partial charge in [0.2, 0.25) is 0 Å². The first-order valence-electron chi connectivity index (χ1n) is 5.66. The smallest absolute Gasteiger partial charge is 0.142 e. The molecule has 0 spiro atoms. The Labute approximate surface area is 95.6 Å². The summed E-state index contributed by atoms with van der Waals surface area (Å²) in [5, 5.41) is 9.62. The summed E-state index contributed by atoms with van der Waals surface area (Å²) in [6.45, 7) is 2.48. The fraction of sp³-hybridized carbons (Fsp3) is 0.500. The largest absolute Gasteiger partial charge is 0.491 e. The fourth-order valence-corrected chi connectivity index (χ4v) is 1.92. The number of nitrogens with zero attached hydrogens (tertiary/aromatic N) is 1. The van der Waals surface area contributed by atoms with Crippen LogP contribution in [0, 0.1) is 0 Å². The predicted octanol–water partition coefficient (Wildman–Crippen LogP) is 0.595. The van der Waals surface area contributed by atoms with Gasteiger partial charge in [0.1, 0.15) is 5.75 Å². The van der Waals surface area contributed by atoms with Crippen molar-refractivity contribution in [1.29, 1.82) is 0 Å². The number of aliphatic hydroxyl groups is 1. The Morgan fingerprint density at radius 3 is 3.06 bits per heavy atom. The molecule has 0 radical (unpaired) electrons. The Balaban J connectivity index is 2.19. The van der Waals surface area contributed by atoms with E-state index in [1.165, 1.54) is 0 Å². The van der Waals surface area contributed by atoms with Gasteiger partial charge in [-0.25, -0.2) is 0 Å². The topological polar surface area (TPSA) is 58.7 Å². The van der Waals surface area contributed by atoms with Gasteiger partial charge in [0, 0.05) is 19.6 Å². The number of ether oxygens (including phenoxy) is 1. The van der Waals surface area contributed by atoms with Crippen LogP contribution in [0.4, 0.5) is 5.69 Å². The van der Waals surface area contributed by atoms with Crippen molar-refractivity contribution in [3.63, 3.8) is 0 Å². The van der Waals surface area contributed by atoms with Gasteiger partial charge in [-0.1, -0.05) is 12.1 Å². The molecule has 4 nitrogen and oxygen atoms in total. The molecule has 16 heavy (non-hydrogen) atoms. The second kappa shape index (κ2) is 5.18. The van der Waals surface area contributed by atoms with Crippen LogP contribution >= 0.6 is 0 Å². The SMILES string of the molecule is NCC(O)CN1CCCOc2ccccc21. The number of β-amino-alcohol motifs (C(OH)–C–C–N with tert-alkyl or cyclic N) is 1. The highest BCUT2D eigenvalue weighted by Crippen LogP contribution is 2.30. The maximum atomic E-state index is 9.62. The maximum absolute atomic E-state index is 9.62. The first kappa shape index (κ1) is 11.2. The fourth-order valence-electron chi connectivity index (χ4n) is 1.92. The van der Waals surface area contributed by atoms with E-state index in [2.05, 4.69) is 4.90 Å². The van der Waals surface area contributed by atoms with Crippen molar-refractivity contribution in [3.8, 4) is 5.75 Å². The molecule has 1 aliphatic rings. The number of hydrogen-bond donors (Lipinski definition) is 2. The first-order valence-corrected chi connectivity index (χ1v) is 5.66. The summed E-state index contributed by atoms with van der Waals surface area (Å²) < 4.78 is 5.64. The van der Waals surface area contributed by atoms with E-state index in [1.807, 2.05) is 24.3 Å². The molecule has 0 amide bonds. The maximum Gasteiger partial charge on any atom is 0.142 e. The zero-order chi connectivity index (χ0) is 11.4. The van der Waals surface area contributed by atoms with Crippen LogP contribution in [0.1, 0.15) is 6.42 Å². The average Bonchev–Trinajstić information content (AvgIpc) is 2.52. The van der Waals surface area contributed by atoms with E-state index in [0.29, 0.717) is 13.1 Å². The normalized spacial score (nSPS) is 17.2. The minimum atomic E-state index is -0.480. The lowest BCUT2D eigenvalue weighted by Crippen LogP contribution is -2.36. The van der Waals surface area contributed by atoms with Crippen molar-refractivity contribution in [2.45, 2.75) is 12.5 Å². The van der Waals surface area contributed by atoms with Gasteiger partial charge in [-0.05, 0) is 18.6 Å². The van der Waals surface area contributed by atoms with Gasteiger partial charge < -0.3 is 20.5 Å². The number of hydrogen-bond acceptors (Lipinski definition) is 4. The van der Waals surface area contributed by atoms with Crippen LogP contribution in [0.5, 0.6) is 5.75 Å². The molecule has 1 atom stereocenters. The third kappa shape index (κ3) is 2.46. The molecule has 0 saturated heterocycles. The number of rotatable bonds is 3. The van der Waals surface area contributed by atoms with E-state index in [0.717, 1.165) is 31.0 Å². The Kier molecular flexibility index (Phi) is 3.64. The second-order valence-corrected chi connectivity index (χ2v) is 4.01. The van der Waals surface area contributed by atoms with Crippen LogP contribution in [0.25, 0.3) is 0 Å². The van der Waals surface area contributed by atoms with Gasteiger partial charge in [0.05, 0.1) is 18.4 Å². The molecule has 2 rings (SSSR count). The van der Waals surface area contributed by atoms with Crippen molar-refractivity contribution < 1.29 is 9.84 Å². The van der Waals surface area contributed by atoms with Gasteiger partial charge in [-0.2, -0.15) is 0 Å². The van der Waals surface area contributed by atoms with Crippen molar-refractivity contribution in [3.05, 3.63) is 24.3 Å². The van der Waals surface area contributed by atoms with Gasteiger partial charge in [0.15, 0.2) is 0 Å². The molecule has 3 N–H and O–H groups in total. The number of para-hydroxylation sites is 2. The van der Waals surface area contributed by atoms with Crippen molar-refractivity contribution >= 4 is 5.69 Å². The van der Waals surface area contributed by atoms with Crippen LogP contribution in [0.3, 0.4) is 0 Å². The lowest BCUT2D eigenvalue weighted by Gasteiger charge is -2.25. The van der Waals surface area contributed by atoms with Crippen LogP contribution in [-0.4, -0.2) is 37.5 Å². The van der Waals surface area contributed by atoms with E-state index in [9.17, 15) is 5.11 Å². The minimum Gasteiger partial charge on any atom is -0.491 e. The van der Waals surface area contributed by atoms with Gasteiger partial charge >= 0.3 is 0 Å². The number of aliphatic hydroxyl groups excluding tert-OH is 1. The van der Waals surface area contributed by atoms with Crippen LogP contribution in [0.2, 0.25) is 0 Å². The molecule has 0 saturated carbocycles. The van der Waals surface area contributed by atoms with Crippen LogP contribution in [0.15, 0.2) is 24.3 Å². The molecule has 1 aromatic carbocycles. The van der Waals surface area contributed by atoms with E-state index in [-0.39, 0.29) is 0 Å². The lowest BCUT2D eigenvalue weighted by molar-refractivity contribution is 0.188. The lowest BCUT2D eigenvalue weighted by atomic mass is 10.2. The molecule has 1 aliphatic heterocycles. The Morgan fingerprint density at radius 2 is 2.25 bits per heavy atom. The summed E-state index contributed by atoms with van der Waals surface area (Å²) in [5.74, 6) is 0.893. The first-order chi connectivity index (χ1) is 7.81. The van der Waals surface area contributed by atoms with Crippen LogP contribution < -0.4 is 15.4 Å². The molecule has 88 valence electrons. The summed E-state index contributed by atoms with van der Waals surface area (Å²) in [5.41, 5.74) is 6.49. The summed E-state index contributed by atoms with van der Waals surface area (Å²) in [6.07, 6.45) is 0.484. The quantitative estimate of drug-likeness (QED) is 0.786. The molecule has 0 aromatic heterocycles. The number of fused-ring (bicyclic) bond motifs is 1. The van der Waals surface area contributed by atoms with E-state index in [4.69, 9.17) is 10.5 Å². The number of nitrogens with two attached hydrogens (primary N) is 1. The van der Waals surface area contributed by atoms with Crippen molar-refractivity contribution in [2.75, 3.05) is 31.1 Å². The Morgan fingerprint density at radius 1 is 1.44 bits per heavy atom. The summed E-state index contributed by atoms with van der Waals surface area (Å²) in [6, 6.07) is 7.92. The van der Waals surface area contributed by atoms with Gasteiger partial charge in [-0.3, -0.25) is 0 Å². The number of anilines is 1. The highest BCUT2D eigenvalue weighted by molar-refractivity contribution is 5.59. The summed E-state index contributed by atoms with van der Waals surface area (Å²) in [7, 11) is 0. The molecular weight excluding hydrogens is 204 g/mol. The van der Waals surface area contributed by atoms with Gasteiger partial charge in [-0.15, -0.1) is 0 Å². The summed E-state index contributed by atoms with van der Waals surface area (Å²) in [4.78, 5) is 2.14. The van der Waals surface area contributed by atoms with E-state index in [1.54, 1.807) is 0 Å². The standard InChI is InChI=1S/C12H18N2O2/c13-8-10(15)9-14-6-3-7-16-12-5-2-1-4-11(12)14/h1-2,4-5,10,15H,3,6-9,13H2. The van der Waals surface area contributed by atoms with Crippen molar-refractivity contribution in [2.24, 2.45) is 5.73 Å². The third-order valence-electron chi connectivity index (χ3n) is 2.74. The van der Waals surface area contributed by atoms with Gasteiger partial charge in [0.25, 0.3) is 0 Å².